The maximum absolute atomic E-state index is 9.37. The van der Waals surface area contributed by atoms with Gasteiger partial charge in [0.25, 0.3) is 0 Å². The molecular formula is C19H19N5. The summed E-state index contributed by atoms with van der Waals surface area (Å²) in [5.74, 6) is 0. The van der Waals surface area contributed by atoms with Crippen LogP contribution in [0.3, 0.4) is 0 Å². The largest absolute Gasteiger partial charge is 0.378 e. The number of benzene rings is 1. The summed E-state index contributed by atoms with van der Waals surface area (Å²) in [6.07, 6.45) is 8.74. The summed E-state index contributed by atoms with van der Waals surface area (Å²) in [5.41, 5.74) is 3.27. The van der Waals surface area contributed by atoms with Gasteiger partial charge < -0.3 is 5.32 Å². The van der Waals surface area contributed by atoms with Crippen molar-refractivity contribution in [3.63, 3.8) is 0 Å². The zero-order valence-electron chi connectivity index (χ0n) is 13.4. The van der Waals surface area contributed by atoms with Crippen LogP contribution in [0, 0.1) is 11.3 Å². The molecule has 1 aliphatic rings. The highest BCUT2D eigenvalue weighted by molar-refractivity contribution is 5.93. The Hall–Kier alpha value is -2.87. The summed E-state index contributed by atoms with van der Waals surface area (Å²) >= 11 is 0. The second-order valence-electron chi connectivity index (χ2n) is 6.25. The molecule has 3 aromatic rings. The van der Waals surface area contributed by atoms with Crippen LogP contribution in [0.1, 0.15) is 43.0 Å². The Morgan fingerprint density at radius 2 is 2.04 bits per heavy atom. The predicted octanol–water partition coefficient (Wildman–Crippen LogP) is 4.03. The van der Waals surface area contributed by atoms with Crippen molar-refractivity contribution in [2.75, 3.05) is 5.32 Å². The molecule has 1 aliphatic carbocycles. The number of nitriles is 1. The molecule has 120 valence electrons. The monoisotopic (exact) mass is 317 g/mol. The molecule has 0 unspecified atom stereocenters. The van der Waals surface area contributed by atoms with E-state index in [-0.39, 0.29) is 0 Å². The van der Waals surface area contributed by atoms with E-state index in [0.29, 0.717) is 18.2 Å². The van der Waals surface area contributed by atoms with E-state index in [1.165, 1.54) is 25.7 Å². The van der Waals surface area contributed by atoms with Gasteiger partial charge in [-0.2, -0.15) is 10.4 Å². The van der Waals surface area contributed by atoms with E-state index >= 15 is 0 Å². The minimum atomic E-state index is 0.551. The number of aromatic nitrogens is 3. The molecule has 0 atom stereocenters. The second-order valence-corrected chi connectivity index (χ2v) is 6.25. The summed E-state index contributed by atoms with van der Waals surface area (Å²) in [5, 5.41) is 18.4. The van der Waals surface area contributed by atoms with Crippen LogP contribution >= 0.6 is 0 Å². The predicted molar refractivity (Wildman–Crippen MR) is 93.5 cm³/mol. The van der Waals surface area contributed by atoms with Gasteiger partial charge in [0.05, 0.1) is 35.0 Å². The molecule has 24 heavy (non-hydrogen) atoms. The van der Waals surface area contributed by atoms with Crippen LogP contribution in [-0.2, 0) is 6.54 Å². The smallest absolute Gasteiger partial charge is 0.103 e. The molecule has 5 nitrogen and oxygen atoms in total. The minimum Gasteiger partial charge on any atom is -0.378 e. The SMILES string of the molecule is N#Cc1cnc2ccccc2c1NCc1ccn(C2CCCC2)n1. The van der Waals surface area contributed by atoms with Gasteiger partial charge in [-0.3, -0.25) is 9.67 Å². The number of pyridine rings is 1. The molecule has 2 heterocycles. The number of para-hydroxylation sites is 1. The quantitative estimate of drug-likeness (QED) is 0.789. The van der Waals surface area contributed by atoms with Gasteiger partial charge in [0.2, 0.25) is 0 Å². The number of hydrogen-bond acceptors (Lipinski definition) is 4. The number of anilines is 1. The lowest BCUT2D eigenvalue weighted by molar-refractivity contribution is 0.463. The third-order valence-electron chi connectivity index (χ3n) is 4.70. The number of hydrogen-bond donors (Lipinski definition) is 1. The topological polar surface area (TPSA) is 66.5 Å². The van der Waals surface area contributed by atoms with Gasteiger partial charge in [0.15, 0.2) is 0 Å². The highest BCUT2D eigenvalue weighted by Gasteiger charge is 2.17. The van der Waals surface area contributed by atoms with E-state index in [4.69, 9.17) is 5.10 Å². The summed E-state index contributed by atoms with van der Waals surface area (Å²) in [7, 11) is 0. The van der Waals surface area contributed by atoms with Crippen molar-refractivity contribution < 1.29 is 0 Å². The number of rotatable bonds is 4. The minimum absolute atomic E-state index is 0.551. The first-order chi connectivity index (χ1) is 11.8. The van der Waals surface area contributed by atoms with Crippen LogP contribution in [0.2, 0.25) is 0 Å². The van der Waals surface area contributed by atoms with E-state index in [1.54, 1.807) is 6.20 Å². The van der Waals surface area contributed by atoms with Crippen LogP contribution in [0.25, 0.3) is 10.9 Å². The molecule has 2 aromatic heterocycles. The van der Waals surface area contributed by atoms with Crippen LogP contribution < -0.4 is 5.32 Å². The van der Waals surface area contributed by atoms with E-state index in [2.05, 4.69) is 33.3 Å². The Morgan fingerprint density at radius 1 is 1.21 bits per heavy atom. The summed E-state index contributed by atoms with van der Waals surface area (Å²) in [6.45, 7) is 0.600. The van der Waals surface area contributed by atoms with E-state index in [0.717, 1.165) is 22.3 Å². The molecule has 5 heteroatoms. The summed E-state index contributed by atoms with van der Waals surface area (Å²) < 4.78 is 2.10. The Bertz CT molecular complexity index is 900. The molecule has 4 rings (SSSR count). The summed E-state index contributed by atoms with van der Waals surface area (Å²) in [4.78, 5) is 4.34. The summed E-state index contributed by atoms with van der Waals surface area (Å²) in [6, 6.07) is 12.7. The lowest BCUT2D eigenvalue weighted by Gasteiger charge is -2.11. The first-order valence-corrected chi connectivity index (χ1v) is 8.41. The molecule has 0 radical (unpaired) electrons. The van der Waals surface area contributed by atoms with Gasteiger partial charge in [-0.15, -0.1) is 0 Å². The molecule has 1 N–H and O–H groups in total. The van der Waals surface area contributed by atoms with Crippen molar-refractivity contribution >= 4 is 16.6 Å². The highest BCUT2D eigenvalue weighted by Crippen LogP contribution is 2.29. The zero-order chi connectivity index (χ0) is 16.4. The number of nitrogens with zero attached hydrogens (tertiary/aromatic N) is 4. The van der Waals surface area contributed by atoms with Crippen molar-refractivity contribution in [1.82, 2.24) is 14.8 Å². The van der Waals surface area contributed by atoms with Gasteiger partial charge in [-0.1, -0.05) is 31.0 Å². The molecule has 1 fully saturated rings. The Balaban J connectivity index is 1.57. The van der Waals surface area contributed by atoms with Gasteiger partial charge in [0, 0.05) is 17.8 Å². The van der Waals surface area contributed by atoms with Crippen LogP contribution in [0.4, 0.5) is 5.69 Å². The van der Waals surface area contributed by atoms with Crippen LogP contribution in [0.5, 0.6) is 0 Å². The Labute approximate surface area is 140 Å². The molecular weight excluding hydrogens is 298 g/mol. The molecule has 0 saturated heterocycles. The molecule has 0 aliphatic heterocycles. The van der Waals surface area contributed by atoms with Crippen LogP contribution in [0.15, 0.2) is 42.7 Å². The first kappa shape index (κ1) is 14.7. The standard InChI is InChI=1S/C19H19N5/c20-11-14-12-21-18-8-4-3-7-17(18)19(14)22-13-15-9-10-24(23-15)16-5-1-2-6-16/h3-4,7-10,12,16H,1-2,5-6,13H2,(H,21,22). The van der Waals surface area contributed by atoms with Crippen LogP contribution in [-0.4, -0.2) is 14.8 Å². The number of nitrogens with one attached hydrogen (secondary N) is 1. The second kappa shape index (κ2) is 6.32. The number of fused-ring (bicyclic) bond motifs is 1. The molecule has 0 bridgehead atoms. The van der Waals surface area contributed by atoms with E-state index in [1.807, 2.05) is 24.3 Å². The Morgan fingerprint density at radius 3 is 2.88 bits per heavy atom. The van der Waals surface area contributed by atoms with Gasteiger partial charge in [0.1, 0.15) is 6.07 Å². The molecule has 0 amide bonds. The highest BCUT2D eigenvalue weighted by atomic mass is 15.3. The fourth-order valence-electron chi connectivity index (χ4n) is 3.44. The van der Waals surface area contributed by atoms with Crippen molar-refractivity contribution in [3.8, 4) is 6.07 Å². The fourth-order valence-corrected chi connectivity index (χ4v) is 3.44. The lowest BCUT2D eigenvalue weighted by atomic mass is 10.1. The van der Waals surface area contributed by atoms with Crippen molar-refractivity contribution in [2.24, 2.45) is 0 Å². The lowest BCUT2D eigenvalue weighted by Crippen LogP contribution is -2.08. The van der Waals surface area contributed by atoms with Gasteiger partial charge in [-0.25, -0.2) is 0 Å². The van der Waals surface area contributed by atoms with Gasteiger partial charge in [-0.05, 0) is 25.0 Å². The van der Waals surface area contributed by atoms with E-state index < -0.39 is 0 Å². The fraction of sp³-hybridized carbons (Fsp3) is 0.316. The van der Waals surface area contributed by atoms with Crippen molar-refractivity contribution in [1.29, 1.82) is 5.26 Å². The van der Waals surface area contributed by atoms with Crippen molar-refractivity contribution in [2.45, 2.75) is 38.3 Å². The Kier molecular flexibility index (Phi) is 3.87. The van der Waals surface area contributed by atoms with E-state index in [9.17, 15) is 5.26 Å². The maximum atomic E-state index is 9.37. The average molecular weight is 317 g/mol. The average Bonchev–Trinajstić information content (AvgIpc) is 3.30. The third-order valence-corrected chi connectivity index (χ3v) is 4.70. The van der Waals surface area contributed by atoms with Gasteiger partial charge >= 0.3 is 0 Å². The van der Waals surface area contributed by atoms with Crippen molar-refractivity contribution in [3.05, 3.63) is 54.0 Å². The third kappa shape index (κ3) is 2.71. The molecule has 0 spiro atoms. The normalized spacial score (nSPS) is 14.8. The first-order valence-electron chi connectivity index (χ1n) is 8.41. The maximum Gasteiger partial charge on any atom is 0.103 e. The zero-order valence-corrected chi connectivity index (χ0v) is 13.4. The molecule has 1 saturated carbocycles. The molecule has 1 aromatic carbocycles.